The Morgan fingerprint density at radius 1 is 1.27 bits per heavy atom. The molecule has 8 nitrogen and oxygen atoms in total. The number of aryl methyl sites for hydroxylation is 1. The lowest BCUT2D eigenvalue weighted by molar-refractivity contribution is -0.116. The molecule has 0 saturated carbocycles. The molecule has 1 aliphatic heterocycles. The first-order chi connectivity index (χ1) is 14.6. The van der Waals surface area contributed by atoms with Gasteiger partial charge in [0.2, 0.25) is 5.91 Å². The second kappa shape index (κ2) is 7.42. The van der Waals surface area contributed by atoms with Crippen LogP contribution in [-0.4, -0.2) is 36.0 Å². The summed E-state index contributed by atoms with van der Waals surface area (Å²) in [5.41, 5.74) is 2.21. The number of carbonyl (C=O) groups excluding carboxylic acids is 1. The smallest absolute Gasteiger partial charge is 0.265 e. The number of carbonyl (C=O) groups is 1. The minimum absolute atomic E-state index is 0.173. The monoisotopic (exact) mass is 418 g/mol. The zero-order chi connectivity index (χ0) is 20.7. The Kier molecular flexibility index (Phi) is 4.59. The highest BCUT2D eigenvalue weighted by Gasteiger charge is 2.29. The molecule has 1 aliphatic rings. The largest absolute Gasteiger partial charge is 0.311 e. The second-order valence-electron chi connectivity index (χ2n) is 7.13. The normalized spacial score (nSPS) is 15.3. The van der Waals surface area contributed by atoms with Crippen molar-refractivity contribution in [2.75, 3.05) is 11.1 Å². The van der Waals surface area contributed by atoms with Crippen molar-refractivity contribution < 1.29 is 4.79 Å². The van der Waals surface area contributed by atoms with Gasteiger partial charge in [-0.15, -0.1) is 0 Å². The van der Waals surface area contributed by atoms with Gasteiger partial charge >= 0.3 is 0 Å². The number of pyridine rings is 1. The molecule has 3 aromatic heterocycles. The first kappa shape index (κ1) is 18.6. The quantitative estimate of drug-likeness (QED) is 0.512. The van der Waals surface area contributed by atoms with Gasteiger partial charge in [-0.3, -0.25) is 14.2 Å². The van der Waals surface area contributed by atoms with Crippen LogP contribution in [0.4, 0.5) is 5.82 Å². The molecule has 1 aromatic carbocycles. The van der Waals surface area contributed by atoms with Crippen LogP contribution in [0.3, 0.4) is 0 Å². The number of fused-ring (bicyclic) bond motifs is 2. The van der Waals surface area contributed by atoms with Crippen LogP contribution in [0.5, 0.6) is 0 Å². The Morgan fingerprint density at radius 2 is 2.10 bits per heavy atom. The molecule has 1 unspecified atom stereocenters. The van der Waals surface area contributed by atoms with E-state index >= 15 is 0 Å². The van der Waals surface area contributed by atoms with Gasteiger partial charge in [0.05, 0.1) is 17.9 Å². The molecule has 0 spiro atoms. The summed E-state index contributed by atoms with van der Waals surface area (Å²) in [6.07, 6.45) is 3.37. The first-order valence-electron chi connectivity index (χ1n) is 9.51. The zero-order valence-corrected chi connectivity index (χ0v) is 17.0. The van der Waals surface area contributed by atoms with Gasteiger partial charge in [0.25, 0.3) is 5.56 Å². The van der Waals surface area contributed by atoms with Crippen LogP contribution < -0.4 is 10.9 Å². The number of nitrogens with one attached hydrogen (secondary N) is 1. The van der Waals surface area contributed by atoms with Crippen LogP contribution in [0.15, 0.2) is 64.8 Å². The number of nitrogens with zero attached hydrogens (tertiary/aromatic N) is 5. The average Bonchev–Trinajstić information content (AvgIpc) is 3.34. The van der Waals surface area contributed by atoms with Gasteiger partial charge in [0.15, 0.2) is 10.8 Å². The van der Waals surface area contributed by atoms with Crippen LogP contribution in [0.2, 0.25) is 0 Å². The Morgan fingerprint density at radius 3 is 2.90 bits per heavy atom. The maximum absolute atomic E-state index is 13.2. The number of anilines is 1. The Balaban J connectivity index is 1.45. The molecule has 0 radical (unpaired) electrons. The van der Waals surface area contributed by atoms with Gasteiger partial charge in [0.1, 0.15) is 11.2 Å². The zero-order valence-electron chi connectivity index (χ0n) is 16.1. The summed E-state index contributed by atoms with van der Waals surface area (Å²) in [5.74, 6) is 0.942. The highest BCUT2D eigenvalue weighted by Crippen LogP contribution is 2.33. The van der Waals surface area contributed by atoms with Crippen LogP contribution in [-0.2, 0) is 4.79 Å². The Bertz CT molecular complexity index is 1310. The molecule has 4 heterocycles. The fraction of sp³-hybridized carbons (Fsp3) is 0.190. The van der Waals surface area contributed by atoms with Crippen molar-refractivity contribution in [1.82, 2.24) is 24.3 Å². The summed E-state index contributed by atoms with van der Waals surface area (Å²) in [4.78, 5) is 34.6. The average molecular weight is 418 g/mol. The van der Waals surface area contributed by atoms with Crippen molar-refractivity contribution in [3.63, 3.8) is 0 Å². The fourth-order valence-corrected chi connectivity index (χ4v) is 4.68. The van der Waals surface area contributed by atoms with Gasteiger partial charge in [-0.05, 0) is 36.8 Å². The minimum Gasteiger partial charge on any atom is -0.311 e. The third kappa shape index (κ3) is 3.26. The lowest BCUT2D eigenvalue weighted by Crippen LogP contribution is -2.28. The molecule has 5 rings (SSSR count). The molecule has 150 valence electrons. The molecule has 1 atom stereocenters. The van der Waals surface area contributed by atoms with E-state index in [1.54, 1.807) is 21.6 Å². The molecule has 0 fully saturated rings. The van der Waals surface area contributed by atoms with E-state index in [2.05, 4.69) is 20.4 Å². The van der Waals surface area contributed by atoms with Crippen LogP contribution in [0.25, 0.3) is 16.7 Å². The third-order valence-electron chi connectivity index (χ3n) is 4.98. The molecule has 1 amide bonds. The third-order valence-corrected chi connectivity index (χ3v) is 6.07. The summed E-state index contributed by atoms with van der Waals surface area (Å²) in [7, 11) is 0. The molecular weight excluding hydrogens is 400 g/mol. The van der Waals surface area contributed by atoms with Gasteiger partial charge in [0, 0.05) is 18.4 Å². The number of hydrogen-bond donors (Lipinski definition) is 1. The summed E-state index contributed by atoms with van der Waals surface area (Å²) < 4.78 is 3.29. The van der Waals surface area contributed by atoms with Crippen molar-refractivity contribution in [2.45, 2.75) is 24.5 Å². The van der Waals surface area contributed by atoms with E-state index in [-0.39, 0.29) is 23.9 Å². The lowest BCUT2D eigenvalue weighted by Gasteiger charge is -2.13. The van der Waals surface area contributed by atoms with E-state index < -0.39 is 0 Å². The van der Waals surface area contributed by atoms with Crippen molar-refractivity contribution in [3.05, 3.63) is 70.8 Å². The Labute approximate surface area is 176 Å². The van der Waals surface area contributed by atoms with Crippen LogP contribution >= 0.6 is 11.8 Å². The number of rotatable bonds is 4. The molecule has 0 aliphatic carbocycles. The number of para-hydroxylation sites is 1. The molecular formula is C21H18N6O2S. The molecule has 30 heavy (non-hydrogen) atoms. The van der Waals surface area contributed by atoms with Crippen molar-refractivity contribution in [3.8, 4) is 5.69 Å². The summed E-state index contributed by atoms with van der Waals surface area (Å²) in [6, 6.07) is 13.0. The number of aromatic nitrogens is 5. The maximum Gasteiger partial charge on any atom is 0.265 e. The SMILES string of the molecule is Cc1ccnc(NC(=O)CC2CSc3nc4c(cnn4-c4ccccc4)c(=O)n32)c1. The van der Waals surface area contributed by atoms with E-state index in [1.807, 2.05) is 49.4 Å². The van der Waals surface area contributed by atoms with Crippen molar-refractivity contribution >= 4 is 34.5 Å². The molecule has 1 N–H and O–H groups in total. The maximum atomic E-state index is 13.2. The fourth-order valence-electron chi connectivity index (χ4n) is 3.55. The highest BCUT2D eigenvalue weighted by molar-refractivity contribution is 7.99. The number of amides is 1. The number of thioether (sulfide) groups is 1. The molecule has 4 aromatic rings. The van der Waals surface area contributed by atoms with Gasteiger partial charge in [-0.25, -0.2) is 14.6 Å². The lowest BCUT2D eigenvalue weighted by atomic mass is 10.2. The molecule has 9 heteroatoms. The summed E-state index contributed by atoms with van der Waals surface area (Å²) in [6.45, 7) is 1.94. The Hall–Kier alpha value is -3.46. The van der Waals surface area contributed by atoms with Gasteiger partial charge in [-0.1, -0.05) is 30.0 Å². The van der Waals surface area contributed by atoms with E-state index in [0.29, 0.717) is 27.8 Å². The topological polar surface area (TPSA) is 94.7 Å². The van der Waals surface area contributed by atoms with E-state index in [0.717, 1.165) is 11.3 Å². The highest BCUT2D eigenvalue weighted by atomic mass is 32.2. The number of benzene rings is 1. The van der Waals surface area contributed by atoms with Crippen molar-refractivity contribution in [1.29, 1.82) is 0 Å². The standard InChI is InChI=1S/C21H18N6O2S/c1-13-7-8-22-17(9-13)24-18(28)10-15-12-30-21-25-19-16(20(29)26(15)21)11-23-27(19)14-5-3-2-4-6-14/h2-9,11,15H,10,12H2,1H3,(H,22,24,28). The van der Waals surface area contributed by atoms with E-state index in [4.69, 9.17) is 0 Å². The number of hydrogen-bond acceptors (Lipinski definition) is 6. The van der Waals surface area contributed by atoms with Crippen LogP contribution in [0.1, 0.15) is 18.0 Å². The minimum atomic E-state index is -0.265. The molecule has 0 bridgehead atoms. The van der Waals surface area contributed by atoms with Gasteiger partial charge in [-0.2, -0.15) is 5.10 Å². The second-order valence-corrected chi connectivity index (χ2v) is 8.12. The van der Waals surface area contributed by atoms with E-state index in [1.165, 1.54) is 11.8 Å². The van der Waals surface area contributed by atoms with E-state index in [9.17, 15) is 9.59 Å². The summed E-state index contributed by atoms with van der Waals surface area (Å²) >= 11 is 1.48. The summed E-state index contributed by atoms with van der Waals surface area (Å²) in [5, 5.41) is 8.22. The predicted molar refractivity (Wildman–Crippen MR) is 115 cm³/mol. The predicted octanol–water partition coefficient (Wildman–Crippen LogP) is 2.96. The van der Waals surface area contributed by atoms with Gasteiger partial charge < -0.3 is 5.32 Å². The molecule has 0 saturated heterocycles. The van der Waals surface area contributed by atoms with Crippen molar-refractivity contribution in [2.24, 2.45) is 0 Å². The first-order valence-corrected chi connectivity index (χ1v) is 10.5. The van der Waals surface area contributed by atoms with Crippen LogP contribution in [0, 0.1) is 6.92 Å².